The number of halogens is 2. The molecule has 0 aromatic carbocycles. The lowest BCUT2D eigenvalue weighted by Gasteiger charge is -2.47. The number of hydrogen-bond donors (Lipinski definition) is 1. The quantitative estimate of drug-likeness (QED) is 0.933. The van der Waals surface area contributed by atoms with Gasteiger partial charge in [-0.15, -0.1) is 0 Å². The van der Waals surface area contributed by atoms with Crippen molar-refractivity contribution < 1.29 is 5.11 Å². The zero-order valence-electron chi connectivity index (χ0n) is 9.08. The molecule has 1 aromatic rings. The van der Waals surface area contributed by atoms with Gasteiger partial charge in [-0.3, -0.25) is 0 Å². The maximum absolute atomic E-state index is 10.1. The Kier molecular flexibility index (Phi) is 3.42. The Morgan fingerprint density at radius 1 is 1.62 bits per heavy atom. The Balaban J connectivity index is 2.06. The third-order valence-corrected chi connectivity index (χ3v) is 3.56. The summed E-state index contributed by atoms with van der Waals surface area (Å²) in [6.45, 7) is 3.37. The number of aromatic nitrogens is 1. The van der Waals surface area contributed by atoms with E-state index in [1.807, 2.05) is 6.07 Å². The molecule has 16 heavy (non-hydrogen) atoms. The fourth-order valence-corrected chi connectivity index (χ4v) is 2.97. The fourth-order valence-electron chi connectivity index (χ4n) is 2.08. The van der Waals surface area contributed by atoms with E-state index in [0.29, 0.717) is 18.1 Å². The smallest absolute Gasteiger partial charge is 0.143 e. The molecule has 0 saturated carbocycles. The normalized spacial score (nSPS) is 18.4. The van der Waals surface area contributed by atoms with E-state index in [1.165, 1.54) is 0 Å². The zero-order chi connectivity index (χ0) is 11.8. The van der Waals surface area contributed by atoms with Crippen LogP contribution in [0.1, 0.15) is 19.8 Å². The lowest BCUT2D eigenvalue weighted by molar-refractivity contribution is 0.00287. The molecule has 1 saturated heterocycles. The number of rotatable bonds is 3. The molecule has 88 valence electrons. The van der Waals surface area contributed by atoms with Crippen molar-refractivity contribution in [3.63, 3.8) is 0 Å². The molecule has 1 aromatic heterocycles. The van der Waals surface area contributed by atoms with Crippen molar-refractivity contribution in [3.8, 4) is 0 Å². The fraction of sp³-hybridized carbons (Fsp3) is 0.545. The minimum absolute atomic E-state index is 0.532. The molecule has 1 aliphatic rings. The van der Waals surface area contributed by atoms with E-state index in [0.717, 1.165) is 23.1 Å². The van der Waals surface area contributed by atoms with Crippen LogP contribution < -0.4 is 4.90 Å². The summed E-state index contributed by atoms with van der Waals surface area (Å²) in [5.41, 5.74) is -0.532. The molecule has 0 radical (unpaired) electrons. The lowest BCUT2D eigenvalue weighted by atomic mass is 9.89. The first-order valence-electron chi connectivity index (χ1n) is 5.32. The Morgan fingerprint density at radius 3 is 2.88 bits per heavy atom. The molecule has 0 atom stereocenters. The zero-order valence-corrected chi connectivity index (χ0v) is 11.4. The summed E-state index contributed by atoms with van der Waals surface area (Å²) in [4.78, 5) is 6.31. The van der Waals surface area contributed by atoms with Crippen molar-refractivity contribution in [2.24, 2.45) is 0 Å². The van der Waals surface area contributed by atoms with Crippen LogP contribution in [0.3, 0.4) is 0 Å². The SMILES string of the molecule is CCCC1(O)CN(c2ncc(Cl)cc2Br)C1. The van der Waals surface area contributed by atoms with E-state index in [9.17, 15) is 5.11 Å². The number of nitrogens with zero attached hydrogens (tertiary/aromatic N) is 2. The minimum atomic E-state index is -0.532. The molecule has 2 heterocycles. The van der Waals surface area contributed by atoms with Crippen molar-refractivity contribution in [1.82, 2.24) is 4.98 Å². The highest BCUT2D eigenvalue weighted by Crippen LogP contribution is 2.34. The van der Waals surface area contributed by atoms with Crippen molar-refractivity contribution in [3.05, 3.63) is 21.8 Å². The Morgan fingerprint density at radius 2 is 2.31 bits per heavy atom. The second-order valence-corrected chi connectivity index (χ2v) is 5.58. The number of β-amino-alcohol motifs (C(OH)–C–C–N with tert-alkyl or cyclic N) is 1. The third kappa shape index (κ3) is 2.34. The van der Waals surface area contributed by atoms with Gasteiger partial charge in [-0.05, 0) is 28.4 Å². The minimum Gasteiger partial charge on any atom is -0.386 e. The number of pyridine rings is 1. The van der Waals surface area contributed by atoms with Crippen LogP contribution in [0.4, 0.5) is 5.82 Å². The summed E-state index contributed by atoms with van der Waals surface area (Å²) >= 11 is 9.26. The van der Waals surface area contributed by atoms with E-state index >= 15 is 0 Å². The van der Waals surface area contributed by atoms with Gasteiger partial charge >= 0.3 is 0 Å². The van der Waals surface area contributed by atoms with E-state index in [4.69, 9.17) is 11.6 Å². The maximum Gasteiger partial charge on any atom is 0.143 e. The summed E-state index contributed by atoms with van der Waals surface area (Å²) in [5.74, 6) is 0.852. The average molecular weight is 306 g/mol. The van der Waals surface area contributed by atoms with Gasteiger partial charge in [0.15, 0.2) is 0 Å². The van der Waals surface area contributed by atoms with E-state index < -0.39 is 5.60 Å². The molecule has 0 amide bonds. The van der Waals surface area contributed by atoms with Gasteiger partial charge in [-0.1, -0.05) is 24.9 Å². The molecule has 3 nitrogen and oxygen atoms in total. The van der Waals surface area contributed by atoms with Crippen LogP contribution in [0, 0.1) is 0 Å². The topological polar surface area (TPSA) is 36.4 Å². The Labute approximate surface area is 109 Å². The third-order valence-electron chi connectivity index (χ3n) is 2.77. The van der Waals surface area contributed by atoms with Gasteiger partial charge in [-0.25, -0.2) is 4.98 Å². The van der Waals surface area contributed by atoms with Crippen LogP contribution in [0.25, 0.3) is 0 Å². The van der Waals surface area contributed by atoms with E-state index in [1.54, 1.807) is 6.20 Å². The molecule has 0 bridgehead atoms. The van der Waals surface area contributed by atoms with Crippen LogP contribution in [-0.4, -0.2) is 28.8 Å². The summed E-state index contributed by atoms with van der Waals surface area (Å²) in [6.07, 6.45) is 3.47. The molecule has 5 heteroatoms. The lowest BCUT2D eigenvalue weighted by Crippen LogP contribution is -2.62. The predicted octanol–water partition coefficient (Wildman–Crippen LogP) is 2.85. The average Bonchev–Trinajstić information content (AvgIpc) is 2.14. The number of anilines is 1. The van der Waals surface area contributed by atoms with Gasteiger partial charge in [0.25, 0.3) is 0 Å². The van der Waals surface area contributed by atoms with Gasteiger partial charge in [-0.2, -0.15) is 0 Å². The van der Waals surface area contributed by atoms with Gasteiger partial charge < -0.3 is 10.0 Å². The van der Waals surface area contributed by atoms with Crippen molar-refractivity contribution in [2.45, 2.75) is 25.4 Å². The molecule has 0 unspecified atom stereocenters. The molecule has 0 spiro atoms. The van der Waals surface area contributed by atoms with Crippen molar-refractivity contribution >= 4 is 33.3 Å². The Hall–Kier alpha value is -0.320. The van der Waals surface area contributed by atoms with E-state index in [-0.39, 0.29) is 0 Å². The van der Waals surface area contributed by atoms with Crippen LogP contribution in [0.2, 0.25) is 5.02 Å². The monoisotopic (exact) mass is 304 g/mol. The van der Waals surface area contributed by atoms with Gasteiger partial charge in [0.1, 0.15) is 5.82 Å². The number of hydrogen-bond acceptors (Lipinski definition) is 3. The summed E-state index contributed by atoms with van der Waals surface area (Å²) < 4.78 is 0.874. The molecule has 1 N–H and O–H groups in total. The summed E-state index contributed by atoms with van der Waals surface area (Å²) in [5, 5.41) is 10.7. The first-order valence-corrected chi connectivity index (χ1v) is 6.49. The van der Waals surface area contributed by atoms with Crippen molar-refractivity contribution in [1.29, 1.82) is 0 Å². The predicted molar refractivity (Wildman–Crippen MR) is 69.0 cm³/mol. The van der Waals surface area contributed by atoms with Gasteiger partial charge in [0.2, 0.25) is 0 Å². The summed E-state index contributed by atoms with van der Waals surface area (Å²) in [7, 11) is 0. The summed E-state index contributed by atoms with van der Waals surface area (Å²) in [6, 6.07) is 1.82. The first kappa shape index (κ1) is 12.1. The molecule has 1 fully saturated rings. The highest BCUT2D eigenvalue weighted by atomic mass is 79.9. The Bertz CT molecular complexity index is 394. The number of aliphatic hydroxyl groups is 1. The highest BCUT2D eigenvalue weighted by molar-refractivity contribution is 9.10. The first-order chi connectivity index (χ1) is 7.54. The van der Waals surface area contributed by atoms with E-state index in [2.05, 4.69) is 32.7 Å². The molecular weight excluding hydrogens is 291 g/mol. The molecule has 2 rings (SSSR count). The molecule has 1 aliphatic heterocycles. The molecular formula is C11H14BrClN2O. The van der Waals surface area contributed by atoms with Crippen molar-refractivity contribution in [2.75, 3.05) is 18.0 Å². The standard InChI is InChI=1S/C11H14BrClN2O/c1-2-3-11(16)6-15(7-11)10-9(12)4-8(13)5-14-10/h4-5,16H,2-3,6-7H2,1H3. The second kappa shape index (κ2) is 4.51. The van der Waals surface area contributed by atoms with Crippen LogP contribution >= 0.6 is 27.5 Å². The van der Waals surface area contributed by atoms with Crippen LogP contribution in [-0.2, 0) is 0 Å². The van der Waals surface area contributed by atoms with Crippen LogP contribution in [0.15, 0.2) is 16.7 Å². The molecule has 0 aliphatic carbocycles. The van der Waals surface area contributed by atoms with Crippen LogP contribution in [0.5, 0.6) is 0 Å². The second-order valence-electron chi connectivity index (χ2n) is 4.29. The largest absolute Gasteiger partial charge is 0.386 e. The van der Waals surface area contributed by atoms with Gasteiger partial charge in [0.05, 0.1) is 28.2 Å². The highest BCUT2D eigenvalue weighted by Gasteiger charge is 2.41. The maximum atomic E-state index is 10.1. The van der Waals surface area contributed by atoms with Gasteiger partial charge in [0, 0.05) is 6.20 Å².